The van der Waals surface area contributed by atoms with Crippen LogP contribution in [0.4, 0.5) is 0 Å². The SMILES string of the molecule is CC(=O)O.CC(=O)O.CC(=O)O.Cc1ncc(CO)c(CO)c1O. The highest BCUT2D eigenvalue weighted by Crippen LogP contribution is 2.23. The van der Waals surface area contributed by atoms with Crippen LogP contribution >= 0.6 is 0 Å². The molecule has 0 aromatic carbocycles. The van der Waals surface area contributed by atoms with E-state index < -0.39 is 17.9 Å². The first-order valence-corrected chi connectivity index (χ1v) is 6.37. The molecule has 1 aromatic rings. The number of aromatic hydroxyl groups is 1. The molecule has 138 valence electrons. The summed E-state index contributed by atoms with van der Waals surface area (Å²) < 4.78 is 0. The number of carboxylic acids is 3. The van der Waals surface area contributed by atoms with E-state index in [0.717, 1.165) is 20.8 Å². The van der Waals surface area contributed by atoms with E-state index in [9.17, 15) is 5.11 Å². The molecule has 0 fully saturated rings. The fourth-order valence-corrected chi connectivity index (χ4v) is 0.997. The van der Waals surface area contributed by atoms with Crippen molar-refractivity contribution in [2.75, 3.05) is 0 Å². The van der Waals surface area contributed by atoms with Gasteiger partial charge in [0.1, 0.15) is 5.75 Å². The van der Waals surface area contributed by atoms with Crippen molar-refractivity contribution in [1.29, 1.82) is 0 Å². The minimum absolute atomic E-state index is 0.0379. The molecular weight excluding hydrogens is 326 g/mol. The lowest BCUT2D eigenvalue weighted by Crippen LogP contribution is -1.98. The molecule has 0 saturated heterocycles. The predicted octanol–water partition coefficient (Wildman–Crippen LogP) is 0.353. The summed E-state index contributed by atoms with van der Waals surface area (Å²) in [5.74, 6) is -2.54. The zero-order valence-corrected chi connectivity index (χ0v) is 13.8. The highest BCUT2D eigenvalue weighted by atomic mass is 16.4. The van der Waals surface area contributed by atoms with Gasteiger partial charge in [-0.2, -0.15) is 0 Å². The Morgan fingerprint density at radius 3 is 1.50 bits per heavy atom. The maximum Gasteiger partial charge on any atom is 0.300 e. The van der Waals surface area contributed by atoms with Gasteiger partial charge in [0.2, 0.25) is 0 Å². The highest BCUT2D eigenvalue weighted by molar-refractivity contribution is 5.63. The van der Waals surface area contributed by atoms with Crippen LogP contribution in [0.25, 0.3) is 0 Å². The molecule has 1 rings (SSSR count). The Morgan fingerprint density at radius 1 is 0.917 bits per heavy atom. The molecule has 1 aromatic heterocycles. The summed E-state index contributed by atoms with van der Waals surface area (Å²) in [6.45, 7) is 4.37. The van der Waals surface area contributed by atoms with Crippen LogP contribution < -0.4 is 0 Å². The van der Waals surface area contributed by atoms with Crippen LogP contribution in [-0.2, 0) is 27.6 Å². The van der Waals surface area contributed by atoms with Gasteiger partial charge in [-0.25, -0.2) is 0 Å². The summed E-state index contributed by atoms with van der Waals surface area (Å²) in [6.07, 6.45) is 1.45. The molecule has 0 aliphatic carbocycles. The predicted molar refractivity (Wildman–Crippen MR) is 82.4 cm³/mol. The van der Waals surface area contributed by atoms with Crippen LogP contribution in [0.1, 0.15) is 37.6 Å². The van der Waals surface area contributed by atoms with Crippen LogP contribution in [0.15, 0.2) is 6.20 Å². The lowest BCUT2D eigenvalue weighted by molar-refractivity contribution is -0.135. The van der Waals surface area contributed by atoms with Crippen molar-refractivity contribution in [1.82, 2.24) is 4.98 Å². The molecule has 0 unspecified atom stereocenters. The molecule has 10 heteroatoms. The molecule has 0 atom stereocenters. The number of aliphatic hydroxyl groups is 2. The average Bonchev–Trinajstić information content (AvgIpc) is 2.39. The first-order chi connectivity index (χ1) is 10.9. The summed E-state index contributed by atoms with van der Waals surface area (Å²) in [5, 5.41) is 49.3. The van der Waals surface area contributed by atoms with E-state index in [4.69, 9.17) is 39.9 Å². The lowest BCUT2D eigenvalue weighted by atomic mass is 10.1. The number of hydrogen-bond acceptors (Lipinski definition) is 7. The second-order valence-corrected chi connectivity index (χ2v) is 4.07. The van der Waals surface area contributed by atoms with Crippen molar-refractivity contribution >= 4 is 17.9 Å². The second-order valence-electron chi connectivity index (χ2n) is 4.07. The number of pyridine rings is 1. The first-order valence-electron chi connectivity index (χ1n) is 6.37. The Hall–Kier alpha value is -2.72. The zero-order chi connectivity index (χ0) is 19.9. The molecule has 0 amide bonds. The van der Waals surface area contributed by atoms with Gasteiger partial charge in [0.15, 0.2) is 0 Å². The molecule has 0 spiro atoms. The highest BCUT2D eigenvalue weighted by Gasteiger charge is 2.09. The number of carboxylic acid groups (broad SMARTS) is 3. The number of aromatic nitrogens is 1. The number of carbonyl (C=O) groups is 3. The number of hydrogen-bond donors (Lipinski definition) is 6. The van der Waals surface area contributed by atoms with Gasteiger partial charge in [0.25, 0.3) is 17.9 Å². The third kappa shape index (κ3) is 19.3. The molecule has 0 aliphatic heterocycles. The van der Waals surface area contributed by atoms with E-state index in [-0.39, 0.29) is 19.0 Å². The minimum atomic E-state index is -0.833. The average molecular weight is 349 g/mol. The maximum absolute atomic E-state index is 9.38. The van der Waals surface area contributed by atoms with Crippen molar-refractivity contribution in [2.24, 2.45) is 0 Å². The van der Waals surface area contributed by atoms with E-state index in [0.29, 0.717) is 16.8 Å². The standard InChI is InChI=1S/C8H11NO3.3C2H4O2/c1-5-8(12)7(4-11)6(3-10)2-9-5;3*1-2(3)4/h2,10-12H,3-4H2,1H3;3*1H3,(H,3,4). The summed E-state index contributed by atoms with van der Waals surface area (Å²) in [5.41, 5.74) is 1.27. The summed E-state index contributed by atoms with van der Waals surface area (Å²) in [6, 6.07) is 0. The third-order valence-corrected chi connectivity index (χ3v) is 1.76. The smallest absolute Gasteiger partial charge is 0.300 e. The molecule has 24 heavy (non-hydrogen) atoms. The van der Waals surface area contributed by atoms with Gasteiger partial charge in [0.05, 0.1) is 18.9 Å². The minimum Gasteiger partial charge on any atom is -0.506 e. The van der Waals surface area contributed by atoms with Gasteiger partial charge in [-0.05, 0) is 6.92 Å². The van der Waals surface area contributed by atoms with Gasteiger partial charge in [-0.15, -0.1) is 0 Å². The summed E-state index contributed by atoms with van der Waals surface area (Å²) in [7, 11) is 0. The van der Waals surface area contributed by atoms with Crippen LogP contribution in [0.3, 0.4) is 0 Å². The van der Waals surface area contributed by atoms with Crippen molar-refractivity contribution in [3.8, 4) is 5.75 Å². The Bertz CT molecular complexity index is 489. The van der Waals surface area contributed by atoms with Gasteiger partial charge >= 0.3 is 0 Å². The Morgan fingerprint density at radius 2 is 1.25 bits per heavy atom. The largest absolute Gasteiger partial charge is 0.506 e. The van der Waals surface area contributed by atoms with Crippen molar-refractivity contribution in [2.45, 2.75) is 40.9 Å². The van der Waals surface area contributed by atoms with Crippen LogP contribution in [0.2, 0.25) is 0 Å². The summed E-state index contributed by atoms with van der Waals surface area (Å²) >= 11 is 0. The van der Waals surface area contributed by atoms with Crippen LogP contribution in [-0.4, -0.2) is 53.5 Å². The van der Waals surface area contributed by atoms with Gasteiger partial charge < -0.3 is 30.6 Å². The second kappa shape index (κ2) is 15.2. The molecule has 0 bridgehead atoms. The van der Waals surface area contributed by atoms with Gasteiger partial charge in [-0.1, -0.05) is 0 Å². The van der Waals surface area contributed by atoms with Crippen molar-refractivity contribution in [3.05, 3.63) is 23.0 Å². The molecule has 10 nitrogen and oxygen atoms in total. The fourth-order valence-electron chi connectivity index (χ4n) is 0.997. The zero-order valence-electron chi connectivity index (χ0n) is 13.8. The summed E-state index contributed by atoms with van der Waals surface area (Å²) in [4.78, 5) is 30.8. The Labute approximate surface area is 138 Å². The number of nitrogens with zero attached hydrogens (tertiary/aromatic N) is 1. The van der Waals surface area contributed by atoms with E-state index in [1.54, 1.807) is 6.92 Å². The number of aliphatic carboxylic acids is 3. The number of rotatable bonds is 2. The van der Waals surface area contributed by atoms with Crippen LogP contribution in [0.5, 0.6) is 5.75 Å². The molecule has 0 saturated carbocycles. The van der Waals surface area contributed by atoms with E-state index in [1.807, 2.05) is 0 Å². The van der Waals surface area contributed by atoms with Gasteiger partial charge in [0, 0.05) is 38.1 Å². The Kier molecular flexibility index (Phi) is 16.6. The maximum atomic E-state index is 9.38. The fraction of sp³-hybridized carbons (Fsp3) is 0.429. The topological polar surface area (TPSA) is 185 Å². The van der Waals surface area contributed by atoms with Crippen molar-refractivity contribution < 1.29 is 45.0 Å². The van der Waals surface area contributed by atoms with E-state index >= 15 is 0 Å². The molecular formula is C14H23NO9. The monoisotopic (exact) mass is 349 g/mol. The lowest BCUT2D eigenvalue weighted by Gasteiger charge is -2.07. The third-order valence-electron chi connectivity index (χ3n) is 1.76. The van der Waals surface area contributed by atoms with Crippen LogP contribution in [0, 0.1) is 6.92 Å². The Balaban J connectivity index is -0.000000304. The number of aryl methyl sites for hydroxylation is 1. The van der Waals surface area contributed by atoms with Gasteiger partial charge in [-0.3, -0.25) is 19.4 Å². The normalized spacial score (nSPS) is 8.25. The van der Waals surface area contributed by atoms with E-state index in [1.165, 1.54) is 6.20 Å². The number of aliphatic hydroxyl groups excluding tert-OH is 2. The van der Waals surface area contributed by atoms with E-state index in [2.05, 4.69) is 4.98 Å². The quantitative estimate of drug-likeness (QED) is 0.435. The molecule has 1 heterocycles. The molecule has 0 radical (unpaired) electrons. The van der Waals surface area contributed by atoms with Crippen molar-refractivity contribution in [3.63, 3.8) is 0 Å². The first kappa shape index (κ1) is 26.2. The molecule has 0 aliphatic rings. The molecule has 6 N–H and O–H groups in total.